The zero-order valence-corrected chi connectivity index (χ0v) is 9.06. The van der Waals surface area contributed by atoms with Gasteiger partial charge in [0.2, 0.25) is 0 Å². The van der Waals surface area contributed by atoms with Crippen LogP contribution in [0, 0.1) is 6.92 Å². The van der Waals surface area contributed by atoms with E-state index in [0.29, 0.717) is 5.56 Å². The summed E-state index contributed by atoms with van der Waals surface area (Å²) in [7, 11) is 0. The van der Waals surface area contributed by atoms with Gasteiger partial charge in [-0.25, -0.2) is 14.5 Å². The Morgan fingerprint density at radius 2 is 2.12 bits per heavy atom. The smallest absolute Gasteiger partial charge is 0.336 e. The van der Waals surface area contributed by atoms with Crippen molar-refractivity contribution >= 4 is 23.6 Å². The van der Waals surface area contributed by atoms with Crippen LogP contribution in [0.25, 0.3) is 0 Å². The minimum Gasteiger partial charge on any atom is -0.478 e. The minimum absolute atomic E-state index is 0.0604. The number of hydrogen-bond acceptors (Lipinski definition) is 3. The molecule has 17 heavy (non-hydrogen) atoms. The highest BCUT2D eigenvalue weighted by molar-refractivity contribution is 6.20. The predicted octanol–water partition coefficient (Wildman–Crippen LogP) is 0.749. The van der Waals surface area contributed by atoms with Crippen LogP contribution in [0.5, 0.6) is 0 Å². The average Bonchev–Trinajstić information content (AvgIpc) is 2.59. The number of hydrogen-bond donors (Lipinski definition) is 2. The predicted molar refractivity (Wildman–Crippen MR) is 59.0 cm³/mol. The number of benzene rings is 1. The summed E-state index contributed by atoms with van der Waals surface area (Å²) in [4.78, 5) is 34.7. The normalized spacial score (nSPS) is 15.0. The molecule has 1 saturated heterocycles. The Bertz CT molecular complexity index is 508. The zero-order chi connectivity index (χ0) is 12.6. The van der Waals surface area contributed by atoms with Gasteiger partial charge in [-0.15, -0.1) is 0 Å². The fourth-order valence-corrected chi connectivity index (χ4v) is 1.66. The molecule has 0 spiro atoms. The number of amides is 3. The number of urea groups is 1. The number of anilines is 1. The van der Waals surface area contributed by atoms with Crippen molar-refractivity contribution in [3.8, 4) is 0 Å². The highest BCUT2D eigenvalue weighted by Gasteiger charge is 2.30. The first-order chi connectivity index (χ1) is 8.00. The SMILES string of the molecule is Cc1ccc(N2C(=O)CNC2=O)cc1C(=O)O. The summed E-state index contributed by atoms with van der Waals surface area (Å²) in [6.07, 6.45) is 0. The number of carboxylic acid groups (broad SMARTS) is 1. The van der Waals surface area contributed by atoms with Crippen molar-refractivity contribution in [3.05, 3.63) is 29.3 Å². The van der Waals surface area contributed by atoms with Gasteiger partial charge in [-0.1, -0.05) is 6.07 Å². The van der Waals surface area contributed by atoms with E-state index in [-0.39, 0.29) is 17.8 Å². The molecular formula is C11H10N2O4. The van der Waals surface area contributed by atoms with E-state index in [2.05, 4.69) is 5.32 Å². The number of aryl methyl sites for hydroxylation is 1. The molecule has 1 heterocycles. The molecule has 1 aromatic rings. The van der Waals surface area contributed by atoms with Gasteiger partial charge in [-0.05, 0) is 24.6 Å². The van der Waals surface area contributed by atoms with Crippen LogP contribution in [0.15, 0.2) is 18.2 Å². The Balaban J connectivity index is 2.46. The van der Waals surface area contributed by atoms with E-state index in [9.17, 15) is 14.4 Å². The van der Waals surface area contributed by atoms with Crippen molar-refractivity contribution in [2.75, 3.05) is 11.4 Å². The van der Waals surface area contributed by atoms with Gasteiger partial charge in [0.25, 0.3) is 5.91 Å². The Labute approximate surface area is 96.8 Å². The Morgan fingerprint density at radius 3 is 2.65 bits per heavy atom. The van der Waals surface area contributed by atoms with Gasteiger partial charge in [0, 0.05) is 0 Å². The summed E-state index contributed by atoms with van der Waals surface area (Å²) in [5, 5.41) is 11.3. The fraction of sp³-hybridized carbons (Fsp3) is 0.182. The molecule has 6 nitrogen and oxygen atoms in total. The summed E-state index contributed by atoms with van der Waals surface area (Å²) in [6, 6.07) is 3.90. The number of nitrogens with one attached hydrogen (secondary N) is 1. The second kappa shape index (κ2) is 3.89. The third-order valence-electron chi connectivity index (χ3n) is 2.55. The summed E-state index contributed by atoms with van der Waals surface area (Å²) < 4.78 is 0. The van der Waals surface area contributed by atoms with Crippen LogP contribution in [-0.2, 0) is 4.79 Å². The average molecular weight is 234 g/mol. The Hall–Kier alpha value is -2.37. The van der Waals surface area contributed by atoms with Crippen LogP contribution < -0.4 is 10.2 Å². The number of rotatable bonds is 2. The van der Waals surface area contributed by atoms with Gasteiger partial charge in [0.1, 0.15) is 0 Å². The van der Waals surface area contributed by atoms with Crippen molar-refractivity contribution in [1.82, 2.24) is 5.32 Å². The van der Waals surface area contributed by atoms with Gasteiger partial charge in [-0.2, -0.15) is 0 Å². The first-order valence-electron chi connectivity index (χ1n) is 4.95. The van der Waals surface area contributed by atoms with E-state index in [0.717, 1.165) is 4.90 Å². The summed E-state index contributed by atoms with van der Waals surface area (Å²) in [5.74, 6) is -1.48. The molecule has 0 unspecified atom stereocenters. The third kappa shape index (κ3) is 1.84. The number of nitrogens with zero attached hydrogens (tertiary/aromatic N) is 1. The van der Waals surface area contributed by atoms with Crippen LogP contribution in [0.2, 0.25) is 0 Å². The van der Waals surface area contributed by atoms with Crippen molar-refractivity contribution in [2.45, 2.75) is 6.92 Å². The van der Waals surface area contributed by atoms with Gasteiger partial charge < -0.3 is 10.4 Å². The molecule has 0 aliphatic carbocycles. The van der Waals surface area contributed by atoms with Crippen LogP contribution in [-0.4, -0.2) is 29.6 Å². The molecule has 0 aromatic heterocycles. The second-order valence-electron chi connectivity index (χ2n) is 3.69. The van der Waals surface area contributed by atoms with Gasteiger partial charge >= 0.3 is 12.0 Å². The molecule has 0 saturated carbocycles. The molecule has 3 amide bonds. The largest absolute Gasteiger partial charge is 0.478 e. The first kappa shape index (κ1) is 11.1. The number of carbonyl (C=O) groups excluding carboxylic acids is 2. The van der Waals surface area contributed by atoms with Crippen molar-refractivity contribution in [3.63, 3.8) is 0 Å². The zero-order valence-electron chi connectivity index (χ0n) is 9.06. The lowest BCUT2D eigenvalue weighted by atomic mass is 10.1. The first-order valence-corrected chi connectivity index (χ1v) is 4.95. The molecule has 2 rings (SSSR count). The highest BCUT2D eigenvalue weighted by atomic mass is 16.4. The molecule has 0 atom stereocenters. The second-order valence-corrected chi connectivity index (χ2v) is 3.69. The molecule has 1 fully saturated rings. The Morgan fingerprint density at radius 1 is 1.41 bits per heavy atom. The van der Waals surface area contributed by atoms with Crippen LogP contribution in [0.1, 0.15) is 15.9 Å². The molecule has 1 aliphatic heterocycles. The molecular weight excluding hydrogens is 224 g/mol. The maximum atomic E-state index is 11.4. The standard InChI is InChI=1S/C11H10N2O4/c1-6-2-3-7(4-8(6)10(15)16)13-9(14)5-12-11(13)17/h2-4H,5H2,1H3,(H,12,17)(H,15,16). The van der Waals surface area contributed by atoms with E-state index in [1.54, 1.807) is 19.1 Å². The lowest BCUT2D eigenvalue weighted by Gasteiger charge is -2.13. The summed E-state index contributed by atoms with van der Waals surface area (Å²) >= 11 is 0. The van der Waals surface area contributed by atoms with Crippen LogP contribution in [0.3, 0.4) is 0 Å². The summed E-state index contributed by atoms with van der Waals surface area (Å²) in [6.45, 7) is 1.59. The monoisotopic (exact) mass is 234 g/mol. The molecule has 1 aliphatic rings. The topological polar surface area (TPSA) is 86.7 Å². The van der Waals surface area contributed by atoms with Crippen molar-refractivity contribution in [2.24, 2.45) is 0 Å². The maximum Gasteiger partial charge on any atom is 0.336 e. The number of imide groups is 1. The highest BCUT2D eigenvalue weighted by Crippen LogP contribution is 2.21. The van der Waals surface area contributed by atoms with Crippen molar-refractivity contribution < 1.29 is 19.5 Å². The van der Waals surface area contributed by atoms with E-state index < -0.39 is 17.9 Å². The van der Waals surface area contributed by atoms with Crippen molar-refractivity contribution in [1.29, 1.82) is 0 Å². The van der Waals surface area contributed by atoms with E-state index >= 15 is 0 Å². The van der Waals surface area contributed by atoms with Gasteiger partial charge in [0.05, 0.1) is 17.8 Å². The molecule has 88 valence electrons. The third-order valence-corrected chi connectivity index (χ3v) is 2.55. The number of carboxylic acids is 1. The number of aromatic carboxylic acids is 1. The fourth-order valence-electron chi connectivity index (χ4n) is 1.66. The Kier molecular flexibility index (Phi) is 2.55. The quantitative estimate of drug-likeness (QED) is 0.739. The van der Waals surface area contributed by atoms with Gasteiger partial charge in [0.15, 0.2) is 0 Å². The lowest BCUT2D eigenvalue weighted by Crippen LogP contribution is -2.30. The molecule has 1 aromatic carbocycles. The molecule has 2 N–H and O–H groups in total. The van der Waals surface area contributed by atoms with E-state index in [1.807, 2.05) is 0 Å². The van der Waals surface area contributed by atoms with Gasteiger partial charge in [-0.3, -0.25) is 4.79 Å². The molecule has 0 radical (unpaired) electrons. The maximum absolute atomic E-state index is 11.4. The summed E-state index contributed by atoms with van der Waals surface area (Å²) in [5.41, 5.74) is 0.927. The van der Waals surface area contributed by atoms with Crippen LogP contribution >= 0.6 is 0 Å². The van der Waals surface area contributed by atoms with E-state index in [4.69, 9.17) is 5.11 Å². The lowest BCUT2D eigenvalue weighted by molar-refractivity contribution is -0.115. The minimum atomic E-state index is -1.09. The molecule has 6 heteroatoms. The number of carbonyl (C=O) groups is 3. The molecule has 0 bridgehead atoms. The van der Waals surface area contributed by atoms with E-state index in [1.165, 1.54) is 6.07 Å². The van der Waals surface area contributed by atoms with Crippen LogP contribution in [0.4, 0.5) is 10.5 Å².